The van der Waals surface area contributed by atoms with Crippen LogP contribution in [0.2, 0.25) is 0 Å². The molecule has 1 aliphatic rings. The van der Waals surface area contributed by atoms with Gasteiger partial charge in [-0.25, -0.2) is 4.39 Å². The number of methoxy groups -OCH3 is 3. The van der Waals surface area contributed by atoms with Gasteiger partial charge in [-0.15, -0.1) is 0 Å². The topological polar surface area (TPSA) is 85.3 Å². The second-order valence-corrected chi connectivity index (χ2v) is 7.87. The molecule has 0 spiro atoms. The summed E-state index contributed by atoms with van der Waals surface area (Å²) < 4.78 is 29.8. The summed E-state index contributed by atoms with van der Waals surface area (Å²) in [6.45, 7) is 0.0819. The van der Waals surface area contributed by atoms with Crippen molar-refractivity contribution in [3.63, 3.8) is 0 Å². The first-order valence-electron chi connectivity index (χ1n) is 10.6. The van der Waals surface area contributed by atoms with Crippen LogP contribution in [0.25, 0.3) is 0 Å². The Bertz CT molecular complexity index is 1200. The van der Waals surface area contributed by atoms with Gasteiger partial charge in [-0.3, -0.25) is 9.59 Å². The molecule has 4 rings (SSSR count). The number of aliphatic carboxylic acids is 1. The Morgan fingerprint density at radius 2 is 1.59 bits per heavy atom. The molecule has 8 heteroatoms. The first kappa shape index (κ1) is 23.1. The number of amides is 1. The summed E-state index contributed by atoms with van der Waals surface area (Å²) in [7, 11) is 4.40. The van der Waals surface area contributed by atoms with E-state index in [1.54, 1.807) is 48.5 Å². The number of carboxylic acids is 1. The van der Waals surface area contributed by atoms with E-state index in [4.69, 9.17) is 14.2 Å². The van der Waals surface area contributed by atoms with E-state index < -0.39 is 23.7 Å². The Kier molecular flexibility index (Phi) is 6.40. The fourth-order valence-electron chi connectivity index (χ4n) is 4.46. The van der Waals surface area contributed by atoms with Crippen molar-refractivity contribution >= 4 is 11.9 Å². The van der Waals surface area contributed by atoms with Crippen LogP contribution in [-0.4, -0.2) is 43.2 Å². The number of carboxylic acid groups (broad SMARTS) is 1. The summed E-state index contributed by atoms with van der Waals surface area (Å²) in [6, 6.07) is 14.9. The summed E-state index contributed by atoms with van der Waals surface area (Å²) >= 11 is 0. The SMILES string of the molecule is COc1cc([C@@H]2[C@@H](C(=O)O)c3ccccc3C(=O)N2Cc2ccc(F)cc2)cc(OC)c1OC. The predicted octanol–water partition coefficient (Wildman–Crippen LogP) is 4.42. The first-order chi connectivity index (χ1) is 16.4. The van der Waals surface area contributed by atoms with Crippen LogP contribution in [-0.2, 0) is 11.3 Å². The Balaban J connectivity index is 1.94. The molecule has 0 aromatic heterocycles. The normalized spacial score (nSPS) is 17.2. The van der Waals surface area contributed by atoms with Crippen LogP contribution in [0.4, 0.5) is 4.39 Å². The monoisotopic (exact) mass is 465 g/mol. The predicted molar refractivity (Wildman–Crippen MR) is 122 cm³/mol. The molecule has 1 N–H and O–H groups in total. The average molecular weight is 465 g/mol. The molecule has 0 unspecified atom stereocenters. The number of benzene rings is 3. The number of hydrogen-bond donors (Lipinski definition) is 1. The third kappa shape index (κ3) is 4.03. The minimum atomic E-state index is -1.08. The molecule has 0 bridgehead atoms. The number of ether oxygens (including phenoxy) is 3. The van der Waals surface area contributed by atoms with Gasteiger partial charge in [-0.05, 0) is 47.0 Å². The largest absolute Gasteiger partial charge is 0.493 e. The molecule has 3 aromatic carbocycles. The van der Waals surface area contributed by atoms with Crippen LogP contribution < -0.4 is 14.2 Å². The highest BCUT2D eigenvalue weighted by molar-refractivity contribution is 6.00. The number of carbonyl (C=O) groups is 2. The van der Waals surface area contributed by atoms with Crippen molar-refractivity contribution in [2.45, 2.75) is 18.5 Å². The second-order valence-electron chi connectivity index (χ2n) is 7.87. The van der Waals surface area contributed by atoms with Crippen molar-refractivity contribution < 1.29 is 33.3 Å². The zero-order valence-electron chi connectivity index (χ0n) is 18.9. The molecule has 176 valence electrons. The average Bonchev–Trinajstić information content (AvgIpc) is 2.85. The third-order valence-corrected chi connectivity index (χ3v) is 6.00. The van der Waals surface area contributed by atoms with E-state index >= 15 is 0 Å². The van der Waals surface area contributed by atoms with Crippen molar-refractivity contribution in [2.24, 2.45) is 0 Å². The van der Waals surface area contributed by atoms with Gasteiger partial charge in [-0.1, -0.05) is 30.3 Å². The number of fused-ring (bicyclic) bond motifs is 1. The van der Waals surface area contributed by atoms with Crippen molar-refractivity contribution in [1.29, 1.82) is 0 Å². The van der Waals surface area contributed by atoms with Crippen molar-refractivity contribution in [3.05, 3.63) is 88.7 Å². The Morgan fingerprint density at radius 3 is 2.15 bits per heavy atom. The zero-order chi connectivity index (χ0) is 24.4. The van der Waals surface area contributed by atoms with Gasteiger partial charge in [0.25, 0.3) is 5.91 Å². The number of halogens is 1. The number of hydrogen-bond acceptors (Lipinski definition) is 5. The molecule has 1 heterocycles. The van der Waals surface area contributed by atoms with Gasteiger partial charge in [0.1, 0.15) is 11.7 Å². The molecule has 1 amide bonds. The number of rotatable bonds is 7. The van der Waals surface area contributed by atoms with Crippen molar-refractivity contribution in [1.82, 2.24) is 4.90 Å². The minimum Gasteiger partial charge on any atom is -0.493 e. The summed E-state index contributed by atoms with van der Waals surface area (Å²) in [4.78, 5) is 27.7. The van der Waals surface area contributed by atoms with Crippen LogP contribution in [0.15, 0.2) is 60.7 Å². The maximum absolute atomic E-state index is 13.6. The Labute approximate surface area is 196 Å². The van der Waals surface area contributed by atoms with Crippen LogP contribution in [0.1, 0.15) is 39.0 Å². The molecule has 2 atom stereocenters. The van der Waals surface area contributed by atoms with E-state index in [2.05, 4.69) is 0 Å². The van der Waals surface area contributed by atoms with Gasteiger partial charge in [0.2, 0.25) is 5.75 Å². The third-order valence-electron chi connectivity index (χ3n) is 6.00. The summed E-state index contributed by atoms with van der Waals surface area (Å²) in [5.74, 6) is -1.82. The molecule has 7 nitrogen and oxygen atoms in total. The second kappa shape index (κ2) is 9.43. The number of nitrogens with zero attached hydrogens (tertiary/aromatic N) is 1. The lowest BCUT2D eigenvalue weighted by Gasteiger charge is -2.41. The van der Waals surface area contributed by atoms with Crippen LogP contribution in [0, 0.1) is 5.82 Å². The summed E-state index contributed by atoms with van der Waals surface area (Å²) in [5.41, 5.74) is 1.91. The van der Waals surface area contributed by atoms with Crippen LogP contribution in [0.5, 0.6) is 17.2 Å². The van der Waals surface area contributed by atoms with E-state index in [0.717, 1.165) is 0 Å². The highest BCUT2D eigenvalue weighted by atomic mass is 19.1. The summed E-state index contributed by atoms with van der Waals surface area (Å²) in [6.07, 6.45) is 0. The maximum atomic E-state index is 13.6. The molecule has 0 saturated heterocycles. The molecule has 0 fully saturated rings. The van der Waals surface area contributed by atoms with E-state index in [-0.39, 0.29) is 12.5 Å². The summed E-state index contributed by atoms with van der Waals surface area (Å²) in [5, 5.41) is 10.3. The van der Waals surface area contributed by atoms with Gasteiger partial charge in [-0.2, -0.15) is 0 Å². The zero-order valence-corrected chi connectivity index (χ0v) is 18.9. The van der Waals surface area contributed by atoms with Gasteiger partial charge in [0, 0.05) is 12.1 Å². The van der Waals surface area contributed by atoms with Gasteiger partial charge in [0.05, 0.1) is 27.4 Å². The standard InChI is InChI=1S/C26H24FNO6/c1-32-20-12-16(13-21(33-2)24(20)34-3)23-22(26(30)31)18-6-4-5-7-19(18)25(29)28(23)14-15-8-10-17(27)11-9-15/h4-13,22-23H,14H2,1-3H3,(H,30,31)/t22-,23+/m0/s1. The van der Waals surface area contributed by atoms with E-state index in [0.29, 0.717) is 39.5 Å². The lowest BCUT2D eigenvalue weighted by molar-refractivity contribution is -0.140. The molecular weight excluding hydrogens is 441 g/mol. The van der Waals surface area contributed by atoms with Crippen molar-refractivity contribution in [2.75, 3.05) is 21.3 Å². The maximum Gasteiger partial charge on any atom is 0.313 e. The Morgan fingerprint density at radius 1 is 0.971 bits per heavy atom. The van der Waals surface area contributed by atoms with Gasteiger partial charge in [0.15, 0.2) is 11.5 Å². The quantitative estimate of drug-likeness (QED) is 0.556. The lowest BCUT2D eigenvalue weighted by Crippen LogP contribution is -2.44. The fraction of sp³-hybridized carbons (Fsp3) is 0.231. The van der Waals surface area contributed by atoms with Crippen LogP contribution >= 0.6 is 0 Å². The highest BCUT2D eigenvalue weighted by Gasteiger charge is 2.44. The van der Waals surface area contributed by atoms with Crippen LogP contribution in [0.3, 0.4) is 0 Å². The fourth-order valence-corrected chi connectivity index (χ4v) is 4.46. The van der Waals surface area contributed by atoms with Gasteiger partial charge < -0.3 is 24.2 Å². The molecule has 0 radical (unpaired) electrons. The lowest BCUT2D eigenvalue weighted by atomic mass is 9.79. The molecule has 34 heavy (non-hydrogen) atoms. The van der Waals surface area contributed by atoms with E-state index in [9.17, 15) is 19.1 Å². The Hall–Kier alpha value is -4.07. The first-order valence-corrected chi connectivity index (χ1v) is 10.6. The molecule has 0 aliphatic carbocycles. The van der Waals surface area contributed by atoms with Gasteiger partial charge >= 0.3 is 5.97 Å². The van der Waals surface area contributed by atoms with E-state index in [1.165, 1.54) is 38.4 Å². The number of carbonyl (C=O) groups excluding carboxylic acids is 1. The van der Waals surface area contributed by atoms with E-state index in [1.807, 2.05) is 0 Å². The molecular formula is C26H24FNO6. The smallest absolute Gasteiger partial charge is 0.313 e. The molecule has 0 saturated carbocycles. The highest BCUT2D eigenvalue weighted by Crippen LogP contribution is 2.47. The minimum absolute atomic E-state index is 0.0819. The molecule has 3 aromatic rings. The van der Waals surface area contributed by atoms with Crippen molar-refractivity contribution in [3.8, 4) is 17.2 Å². The molecule has 1 aliphatic heterocycles.